The molecule has 0 radical (unpaired) electrons. The van der Waals surface area contributed by atoms with Crippen LogP contribution in [0.15, 0.2) is 4.99 Å². The van der Waals surface area contributed by atoms with E-state index >= 15 is 0 Å². The molecule has 0 fully saturated rings. The first-order valence-corrected chi connectivity index (χ1v) is 3.24. The van der Waals surface area contributed by atoms with Crippen LogP contribution in [0.4, 0.5) is 0 Å². The van der Waals surface area contributed by atoms with Crippen molar-refractivity contribution in [1.82, 2.24) is 10.2 Å². The van der Waals surface area contributed by atoms with Gasteiger partial charge in [0.25, 0.3) is 0 Å². The van der Waals surface area contributed by atoms with Gasteiger partial charge in [-0.3, -0.25) is 9.79 Å². The first-order valence-electron chi connectivity index (χ1n) is 3.24. The zero-order valence-electron chi connectivity index (χ0n) is 7.09. The molecule has 0 aliphatic carbocycles. The van der Waals surface area contributed by atoms with Crippen molar-refractivity contribution >= 4 is 11.9 Å². The molecule has 0 saturated carbocycles. The van der Waals surface area contributed by atoms with Crippen LogP contribution in [0.25, 0.3) is 0 Å². The van der Waals surface area contributed by atoms with Crippen molar-refractivity contribution in [1.29, 1.82) is 0 Å². The second-order valence-electron chi connectivity index (χ2n) is 2.25. The van der Waals surface area contributed by atoms with E-state index in [1.165, 1.54) is 4.90 Å². The number of aliphatic imine (C=N–C) groups is 1. The van der Waals surface area contributed by atoms with Crippen molar-refractivity contribution in [2.24, 2.45) is 10.7 Å². The summed E-state index contributed by atoms with van der Waals surface area (Å²) in [4.78, 5) is 16.0. The molecule has 0 aromatic rings. The molecule has 0 saturated heterocycles. The maximum atomic E-state index is 10.9. The van der Waals surface area contributed by atoms with Crippen LogP contribution in [0.2, 0.25) is 0 Å². The lowest BCUT2D eigenvalue weighted by Gasteiger charge is -2.10. The third-order valence-electron chi connectivity index (χ3n) is 1.16. The number of hydrogen-bond acceptors (Lipinski definition) is 2. The predicted molar refractivity (Wildman–Crippen MR) is 44.2 cm³/mol. The lowest BCUT2D eigenvalue weighted by atomic mass is 10.5. The minimum Gasteiger partial charge on any atom is -0.370 e. The number of nitrogens with zero attached hydrogens (tertiary/aromatic N) is 2. The summed E-state index contributed by atoms with van der Waals surface area (Å²) in [6, 6.07) is 0. The Morgan fingerprint density at radius 2 is 2.18 bits per heavy atom. The molecular formula is C6H14N4O. The van der Waals surface area contributed by atoms with Gasteiger partial charge in [0.05, 0.1) is 6.54 Å². The minimum absolute atomic E-state index is 0.0309. The number of carbonyl (C=O) groups is 1. The van der Waals surface area contributed by atoms with E-state index in [2.05, 4.69) is 10.3 Å². The molecule has 11 heavy (non-hydrogen) atoms. The Balaban J connectivity index is 3.63. The van der Waals surface area contributed by atoms with Crippen LogP contribution in [0.5, 0.6) is 0 Å². The molecule has 0 aromatic carbocycles. The van der Waals surface area contributed by atoms with E-state index in [1.54, 1.807) is 21.1 Å². The van der Waals surface area contributed by atoms with E-state index in [0.29, 0.717) is 0 Å². The smallest absolute Gasteiger partial charge is 0.241 e. The highest BCUT2D eigenvalue weighted by atomic mass is 16.2. The van der Waals surface area contributed by atoms with Gasteiger partial charge in [-0.1, -0.05) is 0 Å². The number of hydrogen-bond donors (Lipinski definition) is 2. The topological polar surface area (TPSA) is 70.7 Å². The molecule has 0 rings (SSSR count). The second-order valence-corrected chi connectivity index (χ2v) is 2.25. The summed E-state index contributed by atoms with van der Waals surface area (Å²) >= 11 is 0. The second kappa shape index (κ2) is 4.54. The first kappa shape index (κ1) is 9.74. The number of amides is 1. The number of carbonyl (C=O) groups excluding carboxylic acids is 1. The first-order chi connectivity index (χ1) is 5.07. The molecule has 0 spiro atoms. The molecule has 0 unspecified atom stereocenters. The van der Waals surface area contributed by atoms with Crippen LogP contribution in [0, 0.1) is 0 Å². The number of rotatable bonds is 2. The van der Waals surface area contributed by atoms with Crippen molar-refractivity contribution in [2.75, 3.05) is 27.7 Å². The average molecular weight is 158 g/mol. The van der Waals surface area contributed by atoms with Gasteiger partial charge in [0.2, 0.25) is 5.91 Å². The van der Waals surface area contributed by atoms with E-state index in [1.807, 2.05) is 0 Å². The van der Waals surface area contributed by atoms with E-state index in [4.69, 9.17) is 5.73 Å². The molecule has 0 aromatic heterocycles. The Morgan fingerprint density at radius 1 is 1.64 bits per heavy atom. The fourth-order valence-corrected chi connectivity index (χ4v) is 0.403. The fourth-order valence-electron chi connectivity index (χ4n) is 0.403. The molecule has 64 valence electrons. The Bertz CT molecular complexity index is 164. The fraction of sp³-hybridized carbons (Fsp3) is 0.667. The van der Waals surface area contributed by atoms with Crippen LogP contribution in [0.1, 0.15) is 0 Å². The molecule has 0 heterocycles. The van der Waals surface area contributed by atoms with Gasteiger partial charge < -0.3 is 16.0 Å². The number of guanidine groups is 1. The Kier molecular flexibility index (Phi) is 4.02. The zero-order chi connectivity index (χ0) is 8.85. The predicted octanol–water partition coefficient (Wildman–Crippen LogP) is -1.39. The standard InChI is InChI=1S/C6H14N4O/c1-8-6(7)9-4-5(11)10(2)3/h4H2,1-3H3,(H3,7,8,9). The molecular weight excluding hydrogens is 144 g/mol. The molecule has 0 aliphatic rings. The van der Waals surface area contributed by atoms with E-state index in [-0.39, 0.29) is 18.4 Å². The quantitative estimate of drug-likeness (QED) is 0.384. The highest BCUT2D eigenvalue weighted by Crippen LogP contribution is 1.74. The van der Waals surface area contributed by atoms with E-state index in [0.717, 1.165) is 0 Å². The molecule has 3 N–H and O–H groups in total. The molecule has 1 amide bonds. The summed E-state index contributed by atoms with van der Waals surface area (Å²) in [6.07, 6.45) is 0. The van der Waals surface area contributed by atoms with Gasteiger partial charge in [0.1, 0.15) is 0 Å². The highest BCUT2D eigenvalue weighted by molar-refractivity contribution is 5.85. The van der Waals surface area contributed by atoms with Gasteiger partial charge in [0.15, 0.2) is 5.96 Å². The Morgan fingerprint density at radius 3 is 2.55 bits per heavy atom. The van der Waals surface area contributed by atoms with Crippen LogP contribution in [-0.4, -0.2) is 44.5 Å². The number of nitrogens with one attached hydrogen (secondary N) is 1. The van der Waals surface area contributed by atoms with Gasteiger partial charge in [-0.2, -0.15) is 0 Å². The molecule has 5 heteroatoms. The van der Waals surface area contributed by atoms with Gasteiger partial charge in [-0.25, -0.2) is 0 Å². The maximum absolute atomic E-state index is 10.9. The van der Waals surface area contributed by atoms with Crippen molar-refractivity contribution < 1.29 is 4.79 Å². The summed E-state index contributed by atoms with van der Waals surface area (Å²) in [6.45, 7) is 0.191. The van der Waals surface area contributed by atoms with Gasteiger partial charge >= 0.3 is 0 Å². The monoisotopic (exact) mass is 158 g/mol. The average Bonchev–Trinajstić information content (AvgIpc) is 1.99. The third-order valence-corrected chi connectivity index (χ3v) is 1.16. The van der Waals surface area contributed by atoms with Crippen LogP contribution in [0.3, 0.4) is 0 Å². The highest BCUT2D eigenvalue weighted by Gasteiger charge is 2.02. The van der Waals surface area contributed by atoms with Crippen LogP contribution >= 0.6 is 0 Å². The lowest BCUT2D eigenvalue weighted by molar-refractivity contribution is -0.127. The van der Waals surface area contributed by atoms with Crippen molar-refractivity contribution in [3.05, 3.63) is 0 Å². The van der Waals surface area contributed by atoms with Crippen molar-refractivity contribution in [3.63, 3.8) is 0 Å². The van der Waals surface area contributed by atoms with Gasteiger partial charge in [-0.15, -0.1) is 0 Å². The van der Waals surface area contributed by atoms with Crippen LogP contribution in [-0.2, 0) is 4.79 Å². The Hall–Kier alpha value is -1.26. The summed E-state index contributed by atoms with van der Waals surface area (Å²) in [5, 5.41) is 2.65. The summed E-state index contributed by atoms with van der Waals surface area (Å²) in [5.74, 6) is 0.247. The molecule has 0 bridgehead atoms. The van der Waals surface area contributed by atoms with E-state index in [9.17, 15) is 4.79 Å². The van der Waals surface area contributed by atoms with Crippen LogP contribution < -0.4 is 11.1 Å². The maximum Gasteiger partial charge on any atom is 0.241 e. The van der Waals surface area contributed by atoms with Crippen molar-refractivity contribution in [2.45, 2.75) is 0 Å². The Labute approximate surface area is 66.3 Å². The SMILES string of the molecule is CN=C(N)NCC(=O)N(C)C. The molecule has 5 nitrogen and oxygen atoms in total. The molecule has 0 atom stereocenters. The summed E-state index contributed by atoms with van der Waals surface area (Å²) in [7, 11) is 4.93. The minimum atomic E-state index is -0.0309. The molecule has 0 aliphatic heterocycles. The summed E-state index contributed by atoms with van der Waals surface area (Å²) < 4.78 is 0. The zero-order valence-corrected chi connectivity index (χ0v) is 7.09. The third kappa shape index (κ3) is 4.19. The normalized spacial score (nSPS) is 11.0. The van der Waals surface area contributed by atoms with Gasteiger partial charge in [0, 0.05) is 21.1 Å². The largest absolute Gasteiger partial charge is 0.370 e. The number of likely N-dealkylation sites (N-methyl/N-ethyl adjacent to an activating group) is 1. The van der Waals surface area contributed by atoms with Gasteiger partial charge in [-0.05, 0) is 0 Å². The summed E-state index contributed by atoms with van der Waals surface area (Å²) in [5.41, 5.74) is 5.29. The number of nitrogens with two attached hydrogens (primary N) is 1. The van der Waals surface area contributed by atoms with Crippen molar-refractivity contribution in [3.8, 4) is 0 Å². The lowest BCUT2D eigenvalue weighted by Crippen LogP contribution is -2.39. The van der Waals surface area contributed by atoms with E-state index < -0.39 is 0 Å².